The first-order chi connectivity index (χ1) is 6.93. The molecule has 14 heavy (non-hydrogen) atoms. The van der Waals surface area contributed by atoms with E-state index >= 15 is 0 Å². The number of rotatable bonds is 2. The van der Waals surface area contributed by atoms with E-state index in [2.05, 4.69) is 10.3 Å². The molecule has 0 unspecified atom stereocenters. The molecular weight excluding hydrogens is 178 g/mol. The van der Waals surface area contributed by atoms with E-state index in [9.17, 15) is 0 Å². The number of nitrogens with one attached hydrogen (secondary N) is 1. The standard InChI is InChI=1S/C10H11N3O/c1-2-4-13-9(3-1)12-7-10(13)14-8-5-11-6-8/h1-4,7-8,11H,5-6H2. The van der Waals surface area contributed by atoms with Gasteiger partial charge in [-0.2, -0.15) is 0 Å². The maximum absolute atomic E-state index is 5.74. The van der Waals surface area contributed by atoms with Crippen molar-refractivity contribution in [3.63, 3.8) is 0 Å². The lowest BCUT2D eigenvalue weighted by molar-refractivity contribution is 0.135. The molecule has 1 N–H and O–H groups in total. The second-order valence-electron chi connectivity index (χ2n) is 3.42. The summed E-state index contributed by atoms with van der Waals surface area (Å²) in [6, 6.07) is 5.91. The minimum Gasteiger partial charge on any atom is -0.471 e. The average molecular weight is 189 g/mol. The Morgan fingerprint density at radius 1 is 1.43 bits per heavy atom. The summed E-state index contributed by atoms with van der Waals surface area (Å²) in [5.74, 6) is 0.826. The third-order valence-electron chi connectivity index (χ3n) is 2.41. The molecule has 0 bridgehead atoms. The van der Waals surface area contributed by atoms with Gasteiger partial charge in [-0.3, -0.25) is 4.40 Å². The van der Waals surface area contributed by atoms with Crippen LogP contribution in [0.15, 0.2) is 30.6 Å². The molecule has 0 spiro atoms. The third kappa shape index (κ3) is 1.15. The SMILES string of the molecule is c1ccn2c(OC3CNC3)cnc2c1. The van der Waals surface area contributed by atoms with E-state index in [4.69, 9.17) is 4.74 Å². The highest BCUT2D eigenvalue weighted by molar-refractivity contribution is 5.41. The summed E-state index contributed by atoms with van der Waals surface area (Å²) >= 11 is 0. The van der Waals surface area contributed by atoms with Crippen LogP contribution >= 0.6 is 0 Å². The van der Waals surface area contributed by atoms with Crippen LogP contribution in [0.4, 0.5) is 0 Å². The number of pyridine rings is 1. The van der Waals surface area contributed by atoms with Crippen LogP contribution in [-0.4, -0.2) is 28.6 Å². The first kappa shape index (κ1) is 7.82. The molecule has 2 aromatic heterocycles. The molecule has 72 valence electrons. The van der Waals surface area contributed by atoms with E-state index < -0.39 is 0 Å². The van der Waals surface area contributed by atoms with Gasteiger partial charge in [-0.05, 0) is 12.1 Å². The summed E-state index contributed by atoms with van der Waals surface area (Å²) in [7, 11) is 0. The van der Waals surface area contributed by atoms with Crippen molar-refractivity contribution in [3.8, 4) is 5.88 Å². The molecule has 1 aliphatic rings. The smallest absolute Gasteiger partial charge is 0.218 e. The van der Waals surface area contributed by atoms with Crippen LogP contribution in [0.1, 0.15) is 0 Å². The molecule has 1 fully saturated rings. The third-order valence-corrected chi connectivity index (χ3v) is 2.41. The van der Waals surface area contributed by atoms with Gasteiger partial charge in [0.05, 0.1) is 6.20 Å². The Balaban J connectivity index is 1.95. The Bertz CT molecular complexity index is 447. The predicted molar refractivity (Wildman–Crippen MR) is 52.5 cm³/mol. The van der Waals surface area contributed by atoms with Crippen LogP contribution in [0.2, 0.25) is 0 Å². The topological polar surface area (TPSA) is 38.6 Å². The quantitative estimate of drug-likeness (QED) is 0.755. The molecule has 4 heteroatoms. The summed E-state index contributed by atoms with van der Waals surface area (Å²) in [6.45, 7) is 1.86. The maximum Gasteiger partial charge on any atom is 0.218 e. The van der Waals surface area contributed by atoms with Crippen molar-refractivity contribution in [2.45, 2.75) is 6.10 Å². The zero-order valence-corrected chi connectivity index (χ0v) is 7.68. The normalized spacial score (nSPS) is 16.9. The van der Waals surface area contributed by atoms with Crippen molar-refractivity contribution in [1.82, 2.24) is 14.7 Å². The zero-order valence-electron chi connectivity index (χ0n) is 7.68. The summed E-state index contributed by atoms with van der Waals surface area (Å²) in [5, 5.41) is 3.17. The molecule has 0 aliphatic carbocycles. The number of hydrogen-bond donors (Lipinski definition) is 1. The van der Waals surface area contributed by atoms with E-state index in [1.807, 2.05) is 28.8 Å². The molecule has 0 radical (unpaired) electrons. The van der Waals surface area contributed by atoms with Crippen LogP contribution in [0.5, 0.6) is 5.88 Å². The number of ether oxygens (including phenoxy) is 1. The van der Waals surface area contributed by atoms with E-state index in [0.29, 0.717) is 6.10 Å². The molecule has 0 atom stereocenters. The van der Waals surface area contributed by atoms with Gasteiger partial charge in [0.1, 0.15) is 11.8 Å². The fourth-order valence-corrected chi connectivity index (χ4v) is 1.51. The second kappa shape index (κ2) is 2.99. The minimum absolute atomic E-state index is 0.301. The second-order valence-corrected chi connectivity index (χ2v) is 3.42. The van der Waals surface area contributed by atoms with Gasteiger partial charge in [-0.15, -0.1) is 0 Å². The van der Waals surface area contributed by atoms with Crippen molar-refractivity contribution in [2.24, 2.45) is 0 Å². The van der Waals surface area contributed by atoms with Gasteiger partial charge < -0.3 is 10.1 Å². The number of nitrogens with zero attached hydrogens (tertiary/aromatic N) is 2. The maximum atomic E-state index is 5.74. The molecule has 3 rings (SSSR count). The van der Waals surface area contributed by atoms with Crippen LogP contribution < -0.4 is 10.1 Å². The molecular formula is C10H11N3O. The van der Waals surface area contributed by atoms with E-state index in [1.54, 1.807) is 6.20 Å². The van der Waals surface area contributed by atoms with E-state index in [1.165, 1.54) is 0 Å². The van der Waals surface area contributed by atoms with E-state index in [0.717, 1.165) is 24.6 Å². The summed E-state index contributed by atoms with van der Waals surface area (Å²) in [4.78, 5) is 4.25. The predicted octanol–water partition coefficient (Wildman–Crippen LogP) is 0.685. The van der Waals surface area contributed by atoms with E-state index in [-0.39, 0.29) is 0 Å². The van der Waals surface area contributed by atoms with Crippen molar-refractivity contribution in [3.05, 3.63) is 30.6 Å². The fourth-order valence-electron chi connectivity index (χ4n) is 1.51. The number of imidazole rings is 1. The van der Waals surface area contributed by atoms with Crippen molar-refractivity contribution < 1.29 is 4.74 Å². The van der Waals surface area contributed by atoms with Gasteiger partial charge in [0, 0.05) is 19.3 Å². The molecule has 2 aromatic rings. The molecule has 1 aliphatic heterocycles. The largest absolute Gasteiger partial charge is 0.471 e. The van der Waals surface area contributed by atoms with Gasteiger partial charge in [-0.25, -0.2) is 4.98 Å². The molecule has 0 amide bonds. The lowest BCUT2D eigenvalue weighted by Crippen LogP contribution is -2.50. The molecule has 4 nitrogen and oxygen atoms in total. The number of hydrogen-bond acceptors (Lipinski definition) is 3. The van der Waals surface area contributed by atoms with Crippen molar-refractivity contribution >= 4 is 5.65 Å². The Morgan fingerprint density at radius 3 is 3.14 bits per heavy atom. The average Bonchev–Trinajstić information content (AvgIpc) is 2.55. The Hall–Kier alpha value is -1.55. The lowest BCUT2D eigenvalue weighted by atomic mass is 10.2. The van der Waals surface area contributed by atoms with Crippen molar-refractivity contribution in [2.75, 3.05) is 13.1 Å². The van der Waals surface area contributed by atoms with Gasteiger partial charge >= 0.3 is 0 Å². The van der Waals surface area contributed by atoms with Gasteiger partial charge in [-0.1, -0.05) is 6.07 Å². The lowest BCUT2D eigenvalue weighted by Gasteiger charge is -2.27. The Labute approximate surface area is 81.5 Å². The monoisotopic (exact) mass is 189 g/mol. The number of aromatic nitrogens is 2. The summed E-state index contributed by atoms with van der Waals surface area (Å²) < 4.78 is 7.70. The van der Waals surface area contributed by atoms with Crippen LogP contribution in [0.25, 0.3) is 5.65 Å². The molecule has 3 heterocycles. The van der Waals surface area contributed by atoms with Crippen LogP contribution in [-0.2, 0) is 0 Å². The Kier molecular flexibility index (Phi) is 1.67. The summed E-state index contributed by atoms with van der Waals surface area (Å²) in [6.07, 6.45) is 4.03. The zero-order chi connectivity index (χ0) is 9.38. The highest BCUT2D eigenvalue weighted by Crippen LogP contribution is 2.15. The summed E-state index contributed by atoms with van der Waals surface area (Å²) in [5.41, 5.74) is 0.926. The first-order valence-corrected chi connectivity index (χ1v) is 4.73. The highest BCUT2D eigenvalue weighted by Gasteiger charge is 2.19. The van der Waals surface area contributed by atoms with Gasteiger partial charge in [0.2, 0.25) is 5.88 Å². The molecule has 0 aromatic carbocycles. The fraction of sp³-hybridized carbons (Fsp3) is 0.300. The van der Waals surface area contributed by atoms with Gasteiger partial charge in [0.15, 0.2) is 0 Å². The molecule has 0 saturated carbocycles. The number of fused-ring (bicyclic) bond motifs is 1. The van der Waals surface area contributed by atoms with Crippen LogP contribution in [0, 0.1) is 0 Å². The van der Waals surface area contributed by atoms with Crippen molar-refractivity contribution in [1.29, 1.82) is 0 Å². The van der Waals surface area contributed by atoms with Gasteiger partial charge in [0.25, 0.3) is 0 Å². The first-order valence-electron chi connectivity index (χ1n) is 4.73. The Morgan fingerprint density at radius 2 is 2.36 bits per heavy atom. The van der Waals surface area contributed by atoms with Crippen LogP contribution in [0.3, 0.4) is 0 Å². The minimum atomic E-state index is 0.301. The highest BCUT2D eigenvalue weighted by atomic mass is 16.5. The molecule has 1 saturated heterocycles.